The molecule has 2 aliphatic rings. The molecule has 0 radical (unpaired) electrons. The smallest absolute Gasteiger partial charge is 0.159 e. The predicted molar refractivity (Wildman–Crippen MR) is 443 cm³/mol. The van der Waals surface area contributed by atoms with E-state index in [0.717, 1.165) is 134 Å². The van der Waals surface area contributed by atoms with E-state index in [4.69, 9.17) is 8.53 Å². The lowest BCUT2D eigenvalue weighted by atomic mass is 9.73. The summed E-state index contributed by atoms with van der Waals surface area (Å²) in [5.41, 5.74) is 26.9. The summed E-state index contributed by atoms with van der Waals surface area (Å²) in [5, 5.41) is 6.81. The molecule has 0 spiro atoms. The number of rotatable bonds is 7. The summed E-state index contributed by atoms with van der Waals surface area (Å²) in [5.74, 6) is -0.401. The highest BCUT2D eigenvalue weighted by Crippen LogP contribution is 2.63. The van der Waals surface area contributed by atoms with Crippen LogP contribution in [0.1, 0.15) is 161 Å². The molecule has 0 aliphatic carbocycles. The van der Waals surface area contributed by atoms with Gasteiger partial charge in [-0.2, -0.15) is 0 Å². The van der Waals surface area contributed by atoms with Crippen molar-refractivity contribution < 1.29 is 11.3 Å². The van der Waals surface area contributed by atoms with E-state index < -0.39 is 17.4 Å². The van der Waals surface area contributed by atoms with Crippen molar-refractivity contribution in [3.8, 4) is 44.8 Å². The molecule has 5 heterocycles. The van der Waals surface area contributed by atoms with Crippen LogP contribution in [0.25, 0.3) is 110 Å². The third kappa shape index (κ3) is 10.5. The summed E-state index contributed by atoms with van der Waals surface area (Å²) in [4.78, 5) is 4.92. The maximum atomic E-state index is 9.51. The number of para-hydroxylation sites is 2. The Morgan fingerprint density at radius 1 is 0.279 bits per heavy atom. The highest BCUT2D eigenvalue weighted by molar-refractivity contribution is 6.16. The second kappa shape index (κ2) is 23.2. The van der Waals surface area contributed by atoms with Crippen LogP contribution in [0.4, 0.5) is 34.1 Å². The molecule has 3 aromatic heterocycles. The zero-order chi connectivity index (χ0) is 76.2. The van der Waals surface area contributed by atoms with Crippen LogP contribution in [0, 0.1) is 0 Å². The summed E-state index contributed by atoms with van der Waals surface area (Å²) < 4.78 is 58.6. The van der Waals surface area contributed by atoms with Gasteiger partial charge in [0.25, 0.3) is 0 Å². The fourth-order valence-corrected chi connectivity index (χ4v) is 16.6. The van der Waals surface area contributed by atoms with Gasteiger partial charge in [-0.1, -0.05) is 261 Å². The Morgan fingerprint density at radius 3 is 1.19 bits per heavy atom. The van der Waals surface area contributed by atoms with Crippen molar-refractivity contribution in [1.29, 1.82) is 0 Å². The molecule has 104 heavy (non-hydrogen) atoms. The summed E-state index contributed by atoms with van der Waals surface area (Å²) in [6.07, 6.45) is 0. The number of hydrogen-bond acceptors (Lipinski definition) is 3. The molecule has 2 aliphatic heterocycles. The molecule has 1 atom stereocenters. The standard InChI is InChI=1S/C99H90N4O/c1-95(2,3)66-38-45-81-77(53-66)78-54-67(96(4,5)6)39-46-82(78)100(81)71-42-44-76-88(59-71)103(86-36-26-34-74-73-33-25-35-85(93(73)104-94(74)86)102-83-47-40-68(97(7,8)9)55-79(83)80-56-69(98(10,11)12)41-48-84(80)102)90-58-70(99(13,14)15)57-89-92(90)91(76)75-43-37-63(60-27-19-16-20-28-60)52-87(75)101(89)72-50-64(61-29-21-17-22-30-61)49-65(51-72)62-31-23-18-24-32-62/h16-59,91H,1-15H3/i16D,19D,20D,27D,28D. The molecule has 0 saturated carbocycles. The maximum absolute atomic E-state index is 9.51. The van der Waals surface area contributed by atoms with Crippen LogP contribution in [0.3, 0.4) is 0 Å². The van der Waals surface area contributed by atoms with Crippen molar-refractivity contribution in [1.82, 2.24) is 9.13 Å². The van der Waals surface area contributed by atoms with Gasteiger partial charge in [0.1, 0.15) is 0 Å². The molecule has 0 amide bonds. The van der Waals surface area contributed by atoms with Gasteiger partial charge in [0.15, 0.2) is 11.2 Å². The van der Waals surface area contributed by atoms with Crippen molar-refractivity contribution in [2.24, 2.45) is 0 Å². The second-order valence-corrected chi connectivity index (χ2v) is 34.3. The molecule has 16 aromatic rings. The molecular formula is C99H90N4O. The molecule has 5 heteroatoms. The minimum Gasteiger partial charge on any atom is -0.452 e. The average Bonchev–Trinajstić information content (AvgIpc) is 1.64. The van der Waals surface area contributed by atoms with E-state index in [9.17, 15) is 2.74 Å². The largest absolute Gasteiger partial charge is 0.452 e. The lowest BCUT2D eigenvalue weighted by Gasteiger charge is -2.46. The third-order valence-electron chi connectivity index (χ3n) is 22.3. The van der Waals surface area contributed by atoms with E-state index in [-0.39, 0.29) is 51.4 Å². The molecule has 5 nitrogen and oxygen atoms in total. The Kier molecular flexibility index (Phi) is 13.2. The lowest BCUT2D eigenvalue weighted by Crippen LogP contribution is -2.30. The zero-order valence-electron chi connectivity index (χ0n) is 67.3. The summed E-state index contributed by atoms with van der Waals surface area (Å²) in [6, 6.07) is 85.9. The number of nitrogens with zero attached hydrogens (tertiary/aromatic N) is 4. The Morgan fingerprint density at radius 2 is 0.712 bits per heavy atom. The van der Waals surface area contributed by atoms with E-state index in [1.807, 2.05) is 6.07 Å². The van der Waals surface area contributed by atoms with Gasteiger partial charge in [0.2, 0.25) is 0 Å². The van der Waals surface area contributed by atoms with Crippen LogP contribution >= 0.6 is 0 Å². The molecule has 0 fully saturated rings. The first-order chi connectivity index (χ1) is 51.8. The normalized spacial score (nSPS) is 14.8. The number of aromatic nitrogens is 2. The van der Waals surface area contributed by atoms with Gasteiger partial charge >= 0.3 is 0 Å². The quantitative estimate of drug-likeness (QED) is 0.159. The van der Waals surface area contributed by atoms with E-state index >= 15 is 0 Å². The Bertz CT molecular complexity index is 6290. The van der Waals surface area contributed by atoms with Crippen molar-refractivity contribution in [3.63, 3.8) is 0 Å². The lowest BCUT2D eigenvalue weighted by molar-refractivity contribution is 0.589. The monoisotopic (exact) mass is 1360 g/mol. The van der Waals surface area contributed by atoms with Crippen molar-refractivity contribution in [3.05, 3.63) is 311 Å². The first-order valence-electron chi connectivity index (χ1n) is 39.3. The SMILES string of the molecule is [2H]c1c([2H])c([2H])c(-c2ccc3c(c2)N(c2cc(-c4ccccc4)cc(-c4ccccc4)c2)c2cc(C(C)(C)C)cc4c2C3c2ccc(-n3c5ccc(C(C)(C)C)cc5c5cc(C(C)(C)C)ccc53)cc2N4c2cccc3c2oc2c(-n4c5ccc(C(C)(C)C)cc5c5cc(C(C)(C)C)ccc54)cccc23)c([2H])c1[2H]. The van der Waals surface area contributed by atoms with Gasteiger partial charge in [-0.25, -0.2) is 0 Å². The fourth-order valence-electron chi connectivity index (χ4n) is 16.6. The minimum absolute atomic E-state index is 0.0728. The van der Waals surface area contributed by atoms with Crippen LogP contribution in [-0.2, 0) is 27.1 Å². The Labute approximate surface area is 619 Å². The van der Waals surface area contributed by atoms with Gasteiger partial charge in [0.05, 0.1) is 63.0 Å². The van der Waals surface area contributed by atoms with Crippen LogP contribution in [0.5, 0.6) is 0 Å². The molecule has 0 saturated heterocycles. The van der Waals surface area contributed by atoms with Gasteiger partial charge in [-0.05, 0) is 209 Å². The van der Waals surface area contributed by atoms with Crippen molar-refractivity contribution >= 4 is 99.7 Å². The summed E-state index contributed by atoms with van der Waals surface area (Å²) in [7, 11) is 0. The van der Waals surface area contributed by atoms with Crippen molar-refractivity contribution in [2.45, 2.75) is 137 Å². The van der Waals surface area contributed by atoms with Crippen LogP contribution < -0.4 is 9.80 Å². The number of furan rings is 1. The zero-order valence-corrected chi connectivity index (χ0v) is 62.3. The van der Waals surface area contributed by atoms with E-state index in [1.54, 1.807) is 0 Å². The fraction of sp³-hybridized carbons (Fsp3) is 0.212. The van der Waals surface area contributed by atoms with Gasteiger partial charge in [-0.3, -0.25) is 0 Å². The molecule has 1 unspecified atom stereocenters. The van der Waals surface area contributed by atoms with Crippen LogP contribution in [-0.4, -0.2) is 9.13 Å². The summed E-state index contributed by atoms with van der Waals surface area (Å²) >= 11 is 0. The first kappa shape index (κ1) is 59.4. The number of anilines is 6. The Hall–Kier alpha value is -11.1. The second-order valence-electron chi connectivity index (χ2n) is 34.3. The summed E-state index contributed by atoms with van der Waals surface area (Å²) in [6.45, 7) is 34.4. The van der Waals surface area contributed by atoms with Gasteiger partial charge in [0, 0.05) is 55.2 Å². The molecular weight excluding hydrogens is 1260 g/mol. The van der Waals surface area contributed by atoms with E-state index in [2.05, 4.69) is 353 Å². The molecule has 0 N–H and O–H groups in total. The van der Waals surface area contributed by atoms with E-state index in [1.165, 1.54) is 43.8 Å². The van der Waals surface area contributed by atoms with E-state index in [0.29, 0.717) is 5.56 Å². The minimum atomic E-state index is -0.431. The topological polar surface area (TPSA) is 29.5 Å². The number of benzene rings is 13. The van der Waals surface area contributed by atoms with Gasteiger partial charge < -0.3 is 23.4 Å². The van der Waals surface area contributed by atoms with Gasteiger partial charge in [-0.15, -0.1) is 0 Å². The van der Waals surface area contributed by atoms with Crippen LogP contribution in [0.2, 0.25) is 0 Å². The molecule has 13 aromatic carbocycles. The predicted octanol–water partition coefficient (Wildman–Crippen LogP) is 28.0. The molecule has 18 rings (SSSR count). The number of fused-ring (bicyclic) bond motifs is 13. The highest BCUT2D eigenvalue weighted by Gasteiger charge is 2.44. The molecule has 0 bridgehead atoms. The van der Waals surface area contributed by atoms with Crippen LogP contribution in [0.15, 0.2) is 271 Å². The number of hydrogen-bond donors (Lipinski definition) is 0. The first-order valence-corrected chi connectivity index (χ1v) is 36.8. The Balaban J connectivity index is 0.963. The highest BCUT2D eigenvalue weighted by atomic mass is 16.3. The maximum Gasteiger partial charge on any atom is 0.159 e. The molecule has 512 valence electrons. The third-order valence-corrected chi connectivity index (χ3v) is 22.3. The van der Waals surface area contributed by atoms with Crippen molar-refractivity contribution in [2.75, 3.05) is 9.80 Å². The average molecular weight is 1360 g/mol.